The van der Waals surface area contributed by atoms with Crippen LogP contribution in [0.25, 0.3) is 0 Å². The van der Waals surface area contributed by atoms with Crippen LogP contribution in [-0.4, -0.2) is 24.6 Å². The van der Waals surface area contributed by atoms with Crippen molar-refractivity contribution in [2.75, 3.05) is 7.11 Å². The molecule has 0 amide bonds. The predicted molar refractivity (Wildman–Crippen MR) is 64.7 cm³/mol. The normalized spacial score (nSPS) is 31.4. The lowest BCUT2D eigenvalue weighted by Crippen LogP contribution is -2.52. The third-order valence-electron chi connectivity index (χ3n) is 4.11. The van der Waals surface area contributed by atoms with Gasteiger partial charge in [0, 0.05) is 5.92 Å². The molecular weight excluding hydrogens is 232 g/mol. The number of carbonyl (C=O) groups excluding carboxylic acids is 3. The molecule has 0 fully saturated rings. The smallest absolute Gasteiger partial charge is 0.320 e. The Kier molecular flexibility index (Phi) is 2.97. The molecule has 2 aliphatic carbocycles. The zero-order valence-electron chi connectivity index (χ0n) is 10.8. The van der Waals surface area contributed by atoms with Gasteiger partial charge in [-0.25, -0.2) is 0 Å². The Bertz CT molecular complexity index is 498. The van der Waals surface area contributed by atoms with Crippen LogP contribution in [0.5, 0.6) is 0 Å². The van der Waals surface area contributed by atoms with Gasteiger partial charge in [0.2, 0.25) is 0 Å². The van der Waals surface area contributed by atoms with Gasteiger partial charge in [-0.2, -0.15) is 0 Å². The summed E-state index contributed by atoms with van der Waals surface area (Å²) in [7, 11) is 1.25. The minimum absolute atomic E-state index is 0.160. The summed E-state index contributed by atoms with van der Waals surface area (Å²) in [6.07, 6.45) is 3.23. The molecule has 2 aliphatic rings. The van der Waals surface area contributed by atoms with Crippen LogP contribution in [0.15, 0.2) is 23.3 Å². The molecule has 4 heteroatoms. The van der Waals surface area contributed by atoms with Crippen molar-refractivity contribution in [2.24, 2.45) is 11.3 Å². The Morgan fingerprint density at radius 3 is 2.56 bits per heavy atom. The summed E-state index contributed by atoms with van der Waals surface area (Å²) in [6.45, 7) is 3.83. The maximum atomic E-state index is 12.2. The molecule has 0 heterocycles. The van der Waals surface area contributed by atoms with E-state index in [4.69, 9.17) is 4.74 Å². The highest BCUT2D eigenvalue weighted by Gasteiger charge is 2.57. The Morgan fingerprint density at radius 1 is 1.28 bits per heavy atom. The third kappa shape index (κ3) is 1.55. The summed E-state index contributed by atoms with van der Waals surface area (Å²) >= 11 is 0. The quantitative estimate of drug-likeness (QED) is 0.402. The van der Waals surface area contributed by atoms with Gasteiger partial charge in [0.1, 0.15) is 5.41 Å². The van der Waals surface area contributed by atoms with E-state index in [2.05, 4.69) is 0 Å². The van der Waals surface area contributed by atoms with Crippen molar-refractivity contribution in [2.45, 2.75) is 26.7 Å². The van der Waals surface area contributed by atoms with Crippen molar-refractivity contribution in [3.05, 3.63) is 23.3 Å². The minimum atomic E-state index is -1.33. The largest absolute Gasteiger partial charge is 0.468 e. The van der Waals surface area contributed by atoms with Crippen LogP contribution >= 0.6 is 0 Å². The second-order valence-electron chi connectivity index (χ2n) is 5.06. The van der Waals surface area contributed by atoms with E-state index in [1.807, 2.05) is 13.8 Å². The van der Waals surface area contributed by atoms with E-state index in [1.54, 1.807) is 0 Å². The van der Waals surface area contributed by atoms with Crippen molar-refractivity contribution < 1.29 is 19.1 Å². The maximum absolute atomic E-state index is 12.2. The number of ether oxygens (including phenoxy) is 1. The maximum Gasteiger partial charge on any atom is 0.320 e. The van der Waals surface area contributed by atoms with Gasteiger partial charge in [-0.1, -0.05) is 11.1 Å². The summed E-state index contributed by atoms with van der Waals surface area (Å²) < 4.78 is 4.78. The molecule has 0 bridgehead atoms. The molecule has 2 rings (SSSR count). The first-order chi connectivity index (χ1) is 8.43. The Hall–Kier alpha value is -1.71. The average Bonchev–Trinajstić information content (AvgIpc) is 2.35. The molecule has 1 unspecified atom stereocenters. The Balaban J connectivity index is 2.60. The summed E-state index contributed by atoms with van der Waals surface area (Å²) in [4.78, 5) is 36.2. The molecule has 0 saturated heterocycles. The number of rotatable bonds is 1. The number of esters is 1. The summed E-state index contributed by atoms with van der Waals surface area (Å²) in [5.41, 5.74) is 0.744. The topological polar surface area (TPSA) is 60.4 Å². The van der Waals surface area contributed by atoms with Crippen LogP contribution < -0.4 is 0 Å². The van der Waals surface area contributed by atoms with Crippen molar-refractivity contribution in [1.29, 1.82) is 0 Å². The molecule has 96 valence electrons. The molecule has 0 spiro atoms. The molecular formula is C14H16O4. The van der Waals surface area contributed by atoms with Gasteiger partial charge in [0.25, 0.3) is 0 Å². The number of methoxy groups -OCH3 is 1. The van der Waals surface area contributed by atoms with Crippen LogP contribution in [0.4, 0.5) is 0 Å². The van der Waals surface area contributed by atoms with E-state index in [0.29, 0.717) is 6.42 Å². The molecule has 0 aromatic carbocycles. The van der Waals surface area contributed by atoms with Crippen LogP contribution in [0.3, 0.4) is 0 Å². The number of carbonyl (C=O) groups is 3. The fraction of sp³-hybridized carbons (Fsp3) is 0.500. The van der Waals surface area contributed by atoms with Crippen molar-refractivity contribution in [3.63, 3.8) is 0 Å². The van der Waals surface area contributed by atoms with Gasteiger partial charge in [0.15, 0.2) is 11.6 Å². The molecule has 0 aliphatic heterocycles. The van der Waals surface area contributed by atoms with E-state index in [-0.39, 0.29) is 18.0 Å². The molecule has 4 nitrogen and oxygen atoms in total. The second kappa shape index (κ2) is 4.19. The Labute approximate surface area is 106 Å². The fourth-order valence-electron chi connectivity index (χ4n) is 2.87. The lowest BCUT2D eigenvalue weighted by molar-refractivity contribution is -0.164. The highest BCUT2D eigenvalue weighted by Crippen LogP contribution is 2.47. The number of hydrogen-bond donors (Lipinski definition) is 0. The first kappa shape index (κ1) is 12.7. The van der Waals surface area contributed by atoms with E-state index in [1.165, 1.54) is 19.3 Å². The molecule has 0 radical (unpaired) electrons. The summed E-state index contributed by atoms with van der Waals surface area (Å²) in [6, 6.07) is 0. The SMILES string of the molecule is COC(=O)[C@@]12CC(C)=C(C)CC1C(=O)C=CC2=O. The monoisotopic (exact) mass is 248 g/mol. The van der Waals surface area contributed by atoms with Gasteiger partial charge in [-0.05, 0) is 38.8 Å². The number of fused-ring (bicyclic) bond motifs is 1. The third-order valence-corrected chi connectivity index (χ3v) is 4.11. The van der Waals surface area contributed by atoms with Gasteiger partial charge in [-0.15, -0.1) is 0 Å². The van der Waals surface area contributed by atoms with Crippen LogP contribution in [-0.2, 0) is 19.1 Å². The molecule has 0 aromatic heterocycles. The molecule has 0 saturated carbocycles. The lowest BCUT2D eigenvalue weighted by atomic mass is 9.59. The summed E-state index contributed by atoms with van der Waals surface area (Å²) in [5.74, 6) is -1.68. The van der Waals surface area contributed by atoms with Crippen LogP contribution in [0.1, 0.15) is 26.7 Å². The highest BCUT2D eigenvalue weighted by atomic mass is 16.5. The number of ketones is 2. The van der Waals surface area contributed by atoms with Gasteiger partial charge in [0.05, 0.1) is 7.11 Å². The molecule has 0 N–H and O–H groups in total. The first-order valence-electron chi connectivity index (χ1n) is 5.93. The molecule has 0 aromatic rings. The zero-order chi connectivity index (χ0) is 13.5. The standard InChI is InChI=1S/C14H16O4/c1-8-6-10-11(15)4-5-12(16)14(10,7-9(8)2)13(17)18-3/h4-5,10H,6-7H2,1-3H3/t10?,14-/m0/s1. The highest BCUT2D eigenvalue weighted by molar-refractivity contribution is 6.18. The van der Waals surface area contributed by atoms with Crippen LogP contribution in [0, 0.1) is 11.3 Å². The van der Waals surface area contributed by atoms with Gasteiger partial charge >= 0.3 is 5.97 Å². The fourth-order valence-corrected chi connectivity index (χ4v) is 2.87. The second-order valence-corrected chi connectivity index (χ2v) is 5.06. The average molecular weight is 248 g/mol. The van der Waals surface area contributed by atoms with Gasteiger partial charge in [-0.3, -0.25) is 14.4 Å². The summed E-state index contributed by atoms with van der Waals surface area (Å²) in [5, 5.41) is 0. The number of hydrogen-bond acceptors (Lipinski definition) is 4. The van der Waals surface area contributed by atoms with Crippen molar-refractivity contribution in [3.8, 4) is 0 Å². The van der Waals surface area contributed by atoms with Gasteiger partial charge < -0.3 is 4.74 Å². The van der Waals surface area contributed by atoms with E-state index in [0.717, 1.165) is 11.1 Å². The molecule has 18 heavy (non-hydrogen) atoms. The lowest BCUT2D eigenvalue weighted by Gasteiger charge is -2.41. The Morgan fingerprint density at radius 2 is 1.94 bits per heavy atom. The van der Waals surface area contributed by atoms with E-state index < -0.39 is 17.3 Å². The predicted octanol–water partition coefficient (Wildman–Crippen LogP) is 1.60. The van der Waals surface area contributed by atoms with E-state index in [9.17, 15) is 14.4 Å². The zero-order valence-corrected chi connectivity index (χ0v) is 10.8. The first-order valence-corrected chi connectivity index (χ1v) is 5.93. The van der Waals surface area contributed by atoms with Crippen LogP contribution in [0.2, 0.25) is 0 Å². The van der Waals surface area contributed by atoms with Crippen molar-refractivity contribution >= 4 is 17.5 Å². The number of allylic oxidation sites excluding steroid dienone is 4. The van der Waals surface area contributed by atoms with E-state index >= 15 is 0 Å². The minimum Gasteiger partial charge on any atom is -0.468 e. The van der Waals surface area contributed by atoms with Crippen molar-refractivity contribution in [1.82, 2.24) is 0 Å². The molecule has 2 atom stereocenters.